The molecule has 3 heterocycles. The molecule has 1 saturated heterocycles. The van der Waals surface area contributed by atoms with Crippen LogP contribution in [-0.4, -0.2) is 39.8 Å². The SMILES string of the molecule is Cc1nc(C)c(C(=O)N2CCC(c3nc(C(=O)NC4CCc5ccccc54)cs3)CC2)s1. The summed E-state index contributed by atoms with van der Waals surface area (Å²) in [6, 6.07) is 8.38. The molecule has 1 N–H and O–H groups in total. The Hall–Kier alpha value is -2.58. The van der Waals surface area contributed by atoms with Crippen molar-refractivity contribution in [2.24, 2.45) is 0 Å². The largest absolute Gasteiger partial charge is 0.344 e. The fraction of sp³-hybridized carbons (Fsp3) is 0.417. The van der Waals surface area contributed by atoms with E-state index in [-0.39, 0.29) is 17.9 Å². The van der Waals surface area contributed by atoms with Crippen LogP contribution in [0.1, 0.15) is 78.2 Å². The van der Waals surface area contributed by atoms with Crippen molar-refractivity contribution in [1.82, 2.24) is 20.2 Å². The van der Waals surface area contributed by atoms with Gasteiger partial charge in [-0.3, -0.25) is 9.59 Å². The van der Waals surface area contributed by atoms with E-state index < -0.39 is 0 Å². The molecule has 1 aliphatic heterocycles. The zero-order valence-corrected chi connectivity index (χ0v) is 19.9. The second-order valence-corrected chi connectivity index (χ2v) is 10.6. The minimum Gasteiger partial charge on any atom is -0.344 e. The Bertz CT molecular complexity index is 1160. The molecule has 0 bridgehead atoms. The van der Waals surface area contributed by atoms with Gasteiger partial charge in [0.1, 0.15) is 10.6 Å². The smallest absolute Gasteiger partial charge is 0.271 e. The average molecular weight is 467 g/mol. The van der Waals surface area contributed by atoms with Gasteiger partial charge in [0.25, 0.3) is 11.8 Å². The second-order valence-electron chi connectivity index (χ2n) is 8.55. The zero-order valence-electron chi connectivity index (χ0n) is 18.3. The third kappa shape index (κ3) is 4.09. The van der Waals surface area contributed by atoms with Gasteiger partial charge in [0.05, 0.1) is 21.8 Å². The molecule has 1 unspecified atom stereocenters. The summed E-state index contributed by atoms with van der Waals surface area (Å²) in [6.45, 7) is 5.25. The van der Waals surface area contributed by atoms with Gasteiger partial charge in [-0.2, -0.15) is 0 Å². The van der Waals surface area contributed by atoms with Gasteiger partial charge in [-0.15, -0.1) is 22.7 Å². The van der Waals surface area contributed by atoms with E-state index in [0.29, 0.717) is 24.7 Å². The van der Waals surface area contributed by atoms with Crippen LogP contribution in [-0.2, 0) is 6.42 Å². The maximum atomic E-state index is 12.9. The summed E-state index contributed by atoms with van der Waals surface area (Å²) >= 11 is 3.03. The number of rotatable bonds is 4. The van der Waals surface area contributed by atoms with E-state index in [0.717, 1.165) is 46.3 Å². The number of nitrogens with zero attached hydrogens (tertiary/aromatic N) is 3. The van der Waals surface area contributed by atoms with Gasteiger partial charge in [0.2, 0.25) is 0 Å². The van der Waals surface area contributed by atoms with Crippen LogP contribution in [0, 0.1) is 13.8 Å². The fourth-order valence-corrected chi connectivity index (χ4v) is 6.58. The molecule has 166 valence electrons. The number of aromatic nitrogens is 2. The third-order valence-corrected chi connectivity index (χ3v) is 8.49. The Morgan fingerprint density at radius 2 is 1.88 bits per heavy atom. The van der Waals surface area contributed by atoms with E-state index in [2.05, 4.69) is 27.4 Å². The molecule has 1 atom stereocenters. The van der Waals surface area contributed by atoms with Gasteiger partial charge in [0, 0.05) is 24.4 Å². The first-order valence-electron chi connectivity index (χ1n) is 11.1. The van der Waals surface area contributed by atoms with Gasteiger partial charge in [-0.05, 0) is 50.7 Å². The molecule has 6 nitrogen and oxygen atoms in total. The zero-order chi connectivity index (χ0) is 22.2. The lowest BCUT2D eigenvalue weighted by Crippen LogP contribution is -2.37. The monoisotopic (exact) mass is 466 g/mol. The number of hydrogen-bond acceptors (Lipinski definition) is 6. The van der Waals surface area contributed by atoms with Gasteiger partial charge in [-0.25, -0.2) is 9.97 Å². The molecule has 0 saturated carbocycles. The summed E-state index contributed by atoms with van der Waals surface area (Å²) in [6.07, 6.45) is 3.68. The highest BCUT2D eigenvalue weighted by atomic mass is 32.1. The molecular weight excluding hydrogens is 440 g/mol. The number of carbonyl (C=O) groups is 2. The number of benzene rings is 1. The van der Waals surface area contributed by atoms with E-state index in [1.54, 1.807) is 11.3 Å². The number of likely N-dealkylation sites (tertiary alicyclic amines) is 1. The van der Waals surface area contributed by atoms with Crippen molar-refractivity contribution in [3.8, 4) is 0 Å². The van der Waals surface area contributed by atoms with E-state index in [1.165, 1.54) is 22.5 Å². The standard InChI is InChI=1S/C24H26N4O2S2/c1-14-21(32-15(2)25-14)24(30)28-11-9-17(10-12-28)23-27-20(13-31-23)22(29)26-19-8-7-16-5-3-4-6-18(16)19/h3-6,13,17,19H,7-12H2,1-2H3,(H,26,29). The first kappa shape index (κ1) is 21.3. The van der Waals surface area contributed by atoms with Crippen LogP contribution in [0.5, 0.6) is 0 Å². The molecule has 1 aromatic carbocycles. The normalized spacial score (nSPS) is 18.6. The third-order valence-electron chi connectivity index (χ3n) is 6.42. The molecule has 8 heteroatoms. The lowest BCUT2D eigenvalue weighted by molar-refractivity contribution is 0.0717. The first-order chi connectivity index (χ1) is 15.5. The lowest BCUT2D eigenvalue weighted by atomic mass is 9.97. The predicted octanol–water partition coefficient (Wildman–Crippen LogP) is 4.65. The van der Waals surface area contributed by atoms with E-state index >= 15 is 0 Å². The molecular formula is C24H26N4O2S2. The van der Waals surface area contributed by atoms with Gasteiger partial charge in [-0.1, -0.05) is 24.3 Å². The van der Waals surface area contributed by atoms with Gasteiger partial charge >= 0.3 is 0 Å². The summed E-state index contributed by atoms with van der Waals surface area (Å²) in [5.74, 6) is 0.280. The molecule has 2 aliphatic rings. The Kier molecular flexibility index (Phi) is 5.82. The molecule has 2 aromatic heterocycles. The number of thiazole rings is 2. The quantitative estimate of drug-likeness (QED) is 0.607. The minimum atomic E-state index is -0.0992. The van der Waals surface area contributed by atoms with Crippen molar-refractivity contribution in [3.05, 3.63) is 67.1 Å². The number of nitrogens with one attached hydrogen (secondary N) is 1. The molecule has 1 fully saturated rings. The maximum absolute atomic E-state index is 12.9. The van der Waals surface area contributed by atoms with Crippen molar-refractivity contribution >= 4 is 34.5 Å². The molecule has 0 spiro atoms. The van der Waals surface area contributed by atoms with Crippen LogP contribution in [0.3, 0.4) is 0 Å². The van der Waals surface area contributed by atoms with Crippen LogP contribution >= 0.6 is 22.7 Å². The number of carbonyl (C=O) groups excluding carboxylic acids is 2. The Labute approximate surface area is 195 Å². The highest BCUT2D eigenvalue weighted by Crippen LogP contribution is 2.33. The molecule has 2 amide bonds. The van der Waals surface area contributed by atoms with E-state index in [4.69, 9.17) is 0 Å². The lowest BCUT2D eigenvalue weighted by Gasteiger charge is -2.30. The van der Waals surface area contributed by atoms with Crippen LogP contribution in [0.25, 0.3) is 0 Å². The number of aryl methyl sites for hydroxylation is 3. The fourth-order valence-electron chi connectivity index (χ4n) is 4.72. The summed E-state index contributed by atoms with van der Waals surface area (Å²) in [7, 11) is 0. The highest BCUT2D eigenvalue weighted by molar-refractivity contribution is 7.13. The molecule has 1 aliphatic carbocycles. The topological polar surface area (TPSA) is 75.2 Å². The summed E-state index contributed by atoms with van der Waals surface area (Å²) < 4.78 is 0. The Morgan fingerprint density at radius 1 is 1.09 bits per heavy atom. The van der Waals surface area contributed by atoms with E-state index in [9.17, 15) is 9.59 Å². The summed E-state index contributed by atoms with van der Waals surface area (Å²) in [5, 5.41) is 6.96. The number of fused-ring (bicyclic) bond motifs is 1. The Balaban J connectivity index is 1.19. The minimum absolute atomic E-state index is 0.0666. The van der Waals surface area contributed by atoms with Crippen LogP contribution in [0.4, 0.5) is 0 Å². The summed E-state index contributed by atoms with van der Waals surface area (Å²) in [5.41, 5.74) is 3.87. The molecule has 32 heavy (non-hydrogen) atoms. The van der Waals surface area contributed by atoms with Crippen molar-refractivity contribution in [1.29, 1.82) is 0 Å². The average Bonchev–Trinajstić information content (AvgIpc) is 3.52. The summed E-state index contributed by atoms with van der Waals surface area (Å²) in [4.78, 5) is 37.4. The number of amides is 2. The second kappa shape index (κ2) is 8.75. The van der Waals surface area contributed by atoms with Crippen molar-refractivity contribution in [2.45, 2.75) is 51.5 Å². The van der Waals surface area contributed by atoms with Gasteiger partial charge < -0.3 is 10.2 Å². The predicted molar refractivity (Wildman–Crippen MR) is 127 cm³/mol. The first-order valence-corrected chi connectivity index (χ1v) is 12.8. The van der Waals surface area contributed by atoms with Crippen LogP contribution < -0.4 is 5.32 Å². The van der Waals surface area contributed by atoms with Crippen molar-refractivity contribution < 1.29 is 9.59 Å². The van der Waals surface area contributed by atoms with E-state index in [1.807, 2.05) is 36.3 Å². The molecule has 3 aromatic rings. The highest BCUT2D eigenvalue weighted by Gasteiger charge is 2.29. The molecule has 5 rings (SSSR count). The van der Waals surface area contributed by atoms with Crippen molar-refractivity contribution in [2.75, 3.05) is 13.1 Å². The Morgan fingerprint density at radius 3 is 2.62 bits per heavy atom. The van der Waals surface area contributed by atoms with Crippen LogP contribution in [0.15, 0.2) is 29.6 Å². The van der Waals surface area contributed by atoms with Crippen molar-refractivity contribution in [3.63, 3.8) is 0 Å². The maximum Gasteiger partial charge on any atom is 0.271 e. The number of piperidine rings is 1. The molecule has 0 radical (unpaired) electrons. The number of hydrogen-bond donors (Lipinski definition) is 1. The van der Waals surface area contributed by atoms with Gasteiger partial charge in [0.15, 0.2) is 0 Å². The van der Waals surface area contributed by atoms with Crippen LogP contribution in [0.2, 0.25) is 0 Å².